The van der Waals surface area contributed by atoms with Gasteiger partial charge in [0.15, 0.2) is 0 Å². The van der Waals surface area contributed by atoms with E-state index in [1.54, 1.807) is 6.07 Å². The van der Waals surface area contributed by atoms with Crippen molar-refractivity contribution in [3.05, 3.63) is 23.3 Å². The summed E-state index contributed by atoms with van der Waals surface area (Å²) < 4.78 is 19.3. The highest BCUT2D eigenvalue weighted by Crippen LogP contribution is 2.34. The van der Waals surface area contributed by atoms with Crippen LogP contribution < -0.4 is 10.5 Å². The van der Waals surface area contributed by atoms with Gasteiger partial charge in [-0.2, -0.15) is 0 Å². The number of anilines is 1. The first-order chi connectivity index (χ1) is 6.72. The number of ether oxygens (including phenoxy) is 1. The number of hydrogen-bond donors (Lipinski definition) is 1. The minimum absolute atomic E-state index is 0.164. The normalized spacial score (nSPS) is 10.7. The number of nitrogen functional groups attached to an aromatic ring is 1. The molecule has 2 rings (SSSR count). The van der Waals surface area contributed by atoms with Crippen molar-refractivity contribution in [1.82, 2.24) is 0 Å². The van der Waals surface area contributed by atoms with Crippen molar-refractivity contribution >= 4 is 27.1 Å². The zero-order valence-electron chi connectivity index (χ0n) is 7.71. The van der Waals surface area contributed by atoms with Gasteiger partial charge in [-0.3, -0.25) is 0 Å². The Labute approximate surface area is 85.1 Å². The predicted molar refractivity (Wildman–Crippen MR) is 57.4 cm³/mol. The van der Waals surface area contributed by atoms with Crippen molar-refractivity contribution in [1.29, 1.82) is 0 Å². The SMILES string of the molecule is CCOc1csc2cc(F)c(N)cc12. The molecule has 2 nitrogen and oxygen atoms in total. The number of nitrogens with two attached hydrogens (primary N) is 1. The molecule has 0 spiro atoms. The summed E-state index contributed by atoms with van der Waals surface area (Å²) in [5.74, 6) is 0.404. The molecule has 2 aromatic rings. The predicted octanol–water partition coefficient (Wildman–Crippen LogP) is 3.02. The molecule has 0 fully saturated rings. The van der Waals surface area contributed by atoms with Crippen LogP contribution in [0, 0.1) is 5.82 Å². The Morgan fingerprint density at radius 3 is 3.00 bits per heavy atom. The first-order valence-electron chi connectivity index (χ1n) is 4.31. The molecule has 0 bridgehead atoms. The fourth-order valence-electron chi connectivity index (χ4n) is 1.31. The van der Waals surface area contributed by atoms with Crippen LogP contribution in [0.25, 0.3) is 10.1 Å². The Kier molecular flexibility index (Phi) is 2.29. The van der Waals surface area contributed by atoms with Crippen LogP contribution in [0.1, 0.15) is 6.92 Å². The molecule has 0 aliphatic rings. The van der Waals surface area contributed by atoms with E-state index in [1.165, 1.54) is 17.4 Å². The van der Waals surface area contributed by atoms with Gasteiger partial charge in [0, 0.05) is 15.5 Å². The van der Waals surface area contributed by atoms with Crippen molar-refractivity contribution < 1.29 is 9.13 Å². The van der Waals surface area contributed by atoms with Crippen molar-refractivity contribution in [2.24, 2.45) is 0 Å². The molecule has 0 aliphatic heterocycles. The number of fused-ring (bicyclic) bond motifs is 1. The highest BCUT2D eigenvalue weighted by atomic mass is 32.1. The molecule has 0 radical (unpaired) electrons. The van der Waals surface area contributed by atoms with Crippen molar-refractivity contribution in [2.75, 3.05) is 12.3 Å². The van der Waals surface area contributed by atoms with Crippen LogP contribution in [0.5, 0.6) is 5.75 Å². The first kappa shape index (κ1) is 9.27. The van der Waals surface area contributed by atoms with Gasteiger partial charge in [-0.25, -0.2) is 4.39 Å². The second-order valence-corrected chi connectivity index (χ2v) is 3.81. The molecule has 0 aliphatic carbocycles. The third-order valence-corrected chi connectivity index (χ3v) is 2.88. The summed E-state index contributed by atoms with van der Waals surface area (Å²) in [6.45, 7) is 2.51. The fraction of sp³-hybridized carbons (Fsp3) is 0.200. The third-order valence-electron chi connectivity index (χ3n) is 1.96. The largest absolute Gasteiger partial charge is 0.492 e. The molecule has 1 heterocycles. The van der Waals surface area contributed by atoms with Crippen molar-refractivity contribution in [3.8, 4) is 5.75 Å². The molecular weight excluding hydrogens is 201 g/mol. The summed E-state index contributed by atoms with van der Waals surface area (Å²) in [5.41, 5.74) is 5.65. The zero-order valence-corrected chi connectivity index (χ0v) is 8.53. The summed E-state index contributed by atoms with van der Waals surface area (Å²) in [7, 11) is 0. The second kappa shape index (κ2) is 3.46. The van der Waals surface area contributed by atoms with E-state index in [-0.39, 0.29) is 11.5 Å². The molecule has 74 valence electrons. The number of thiophene rings is 1. The van der Waals surface area contributed by atoms with E-state index in [0.29, 0.717) is 6.61 Å². The van der Waals surface area contributed by atoms with Gasteiger partial charge < -0.3 is 10.5 Å². The highest BCUT2D eigenvalue weighted by Gasteiger charge is 2.08. The Morgan fingerprint density at radius 1 is 1.50 bits per heavy atom. The fourth-order valence-corrected chi connectivity index (χ4v) is 2.20. The van der Waals surface area contributed by atoms with Gasteiger partial charge in [-0.1, -0.05) is 0 Å². The quantitative estimate of drug-likeness (QED) is 0.775. The smallest absolute Gasteiger partial charge is 0.147 e. The molecule has 2 N–H and O–H groups in total. The van der Waals surface area contributed by atoms with Crippen LogP contribution in [0.2, 0.25) is 0 Å². The molecule has 0 amide bonds. The Balaban J connectivity index is 2.61. The first-order valence-corrected chi connectivity index (χ1v) is 5.19. The number of rotatable bonds is 2. The maximum Gasteiger partial charge on any atom is 0.147 e. The van der Waals surface area contributed by atoms with E-state index in [4.69, 9.17) is 10.5 Å². The van der Waals surface area contributed by atoms with Gasteiger partial charge in [0.1, 0.15) is 11.6 Å². The van der Waals surface area contributed by atoms with Crippen LogP contribution in [0.4, 0.5) is 10.1 Å². The molecule has 1 aromatic heterocycles. The molecule has 1 aromatic carbocycles. The van der Waals surface area contributed by atoms with Gasteiger partial charge in [-0.15, -0.1) is 11.3 Å². The Bertz CT molecular complexity index is 466. The highest BCUT2D eigenvalue weighted by molar-refractivity contribution is 7.17. The molecular formula is C10H10FNOS. The molecule has 0 saturated carbocycles. The molecule has 0 unspecified atom stereocenters. The molecule has 14 heavy (non-hydrogen) atoms. The topological polar surface area (TPSA) is 35.2 Å². The minimum atomic E-state index is -0.373. The van der Waals surface area contributed by atoms with Crippen LogP contribution in [-0.4, -0.2) is 6.61 Å². The second-order valence-electron chi connectivity index (χ2n) is 2.90. The lowest BCUT2D eigenvalue weighted by Gasteiger charge is -2.01. The maximum atomic E-state index is 13.1. The molecule has 0 atom stereocenters. The summed E-state index contributed by atoms with van der Waals surface area (Å²) in [5, 5.41) is 2.75. The van der Waals surface area contributed by atoms with Crippen molar-refractivity contribution in [2.45, 2.75) is 6.92 Å². The van der Waals surface area contributed by atoms with Gasteiger partial charge in [-0.05, 0) is 19.1 Å². The third kappa shape index (κ3) is 1.42. The lowest BCUT2D eigenvalue weighted by molar-refractivity contribution is 0.345. The average molecular weight is 211 g/mol. The van der Waals surface area contributed by atoms with E-state index in [0.717, 1.165) is 15.8 Å². The van der Waals surface area contributed by atoms with Crippen molar-refractivity contribution in [3.63, 3.8) is 0 Å². The van der Waals surface area contributed by atoms with Crippen LogP contribution in [0.15, 0.2) is 17.5 Å². The van der Waals surface area contributed by atoms with Crippen LogP contribution in [-0.2, 0) is 0 Å². The van der Waals surface area contributed by atoms with E-state index >= 15 is 0 Å². The lowest BCUT2D eigenvalue weighted by atomic mass is 10.2. The monoisotopic (exact) mass is 211 g/mol. The summed E-state index contributed by atoms with van der Waals surface area (Å²) in [6, 6.07) is 3.06. The van der Waals surface area contributed by atoms with Gasteiger partial charge >= 0.3 is 0 Å². The Hall–Kier alpha value is -1.29. The van der Waals surface area contributed by atoms with Gasteiger partial charge in [0.25, 0.3) is 0 Å². The van der Waals surface area contributed by atoms with E-state index in [9.17, 15) is 4.39 Å². The van der Waals surface area contributed by atoms with Crippen LogP contribution in [0.3, 0.4) is 0 Å². The molecule has 0 saturated heterocycles. The summed E-state index contributed by atoms with van der Waals surface area (Å²) in [6.07, 6.45) is 0. The maximum absolute atomic E-state index is 13.1. The van der Waals surface area contributed by atoms with E-state index in [2.05, 4.69) is 0 Å². The van der Waals surface area contributed by atoms with E-state index < -0.39 is 0 Å². The summed E-state index contributed by atoms with van der Waals surface area (Å²) >= 11 is 1.46. The Morgan fingerprint density at radius 2 is 2.29 bits per heavy atom. The average Bonchev–Trinajstić information content (AvgIpc) is 2.51. The summed E-state index contributed by atoms with van der Waals surface area (Å²) in [4.78, 5) is 0. The number of benzene rings is 1. The standard InChI is InChI=1S/C10H10FNOS/c1-2-13-9-5-14-10-4-7(11)8(12)3-6(9)10/h3-5H,2,12H2,1H3. The molecule has 4 heteroatoms. The number of halogens is 1. The zero-order chi connectivity index (χ0) is 10.1. The number of hydrogen-bond acceptors (Lipinski definition) is 3. The van der Waals surface area contributed by atoms with Crippen LogP contribution >= 0.6 is 11.3 Å². The van der Waals surface area contributed by atoms with Gasteiger partial charge in [0.05, 0.1) is 12.3 Å². The van der Waals surface area contributed by atoms with Gasteiger partial charge in [0.2, 0.25) is 0 Å². The van der Waals surface area contributed by atoms with E-state index in [1.807, 2.05) is 12.3 Å². The lowest BCUT2D eigenvalue weighted by Crippen LogP contribution is -1.92. The minimum Gasteiger partial charge on any atom is -0.492 e.